The fourth-order valence-corrected chi connectivity index (χ4v) is 1.47. The molecule has 4 N–H and O–H groups in total. The normalized spacial score (nSPS) is 9.91. The smallest absolute Gasteiger partial charge is 0.142 e. The zero-order valence-electron chi connectivity index (χ0n) is 6.22. The Morgan fingerprint density at radius 1 is 1.91 bits per heavy atom. The van der Waals surface area contributed by atoms with E-state index in [1.165, 1.54) is 11.3 Å². The molecule has 0 aliphatic carbocycles. The largest absolute Gasteiger partial charge is 0.382 e. The van der Waals surface area contributed by atoms with E-state index in [0.29, 0.717) is 5.69 Å². The Balaban J connectivity index is 2.73. The van der Waals surface area contributed by atoms with Gasteiger partial charge in [0.25, 0.3) is 0 Å². The van der Waals surface area contributed by atoms with E-state index in [2.05, 4.69) is 10.3 Å². The summed E-state index contributed by atoms with van der Waals surface area (Å²) in [5, 5.41) is 12.8. The number of amidine groups is 1. The average Bonchev–Trinajstić information content (AvgIpc) is 2.37. The van der Waals surface area contributed by atoms with Crippen molar-refractivity contribution in [1.82, 2.24) is 10.3 Å². The van der Waals surface area contributed by atoms with Gasteiger partial charge >= 0.3 is 0 Å². The fourth-order valence-electron chi connectivity index (χ4n) is 0.667. The van der Waals surface area contributed by atoms with E-state index < -0.39 is 0 Å². The Labute approximate surface area is 69.0 Å². The van der Waals surface area contributed by atoms with Crippen molar-refractivity contribution in [3.63, 3.8) is 0 Å². The van der Waals surface area contributed by atoms with E-state index in [-0.39, 0.29) is 5.84 Å². The van der Waals surface area contributed by atoms with E-state index in [1.807, 2.05) is 7.05 Å². The minimum Gasteiger partial charge on any atom is -0.382 e. The maximum absolute atomic E-state index is 7.08. The summed E-state index contributed by atoms with van der Waals surface area (Å²) in [7, 11) is 1.86. The molecule has 0 amide bonds. The van der Waals surface area contributed by atoms with E-state index in [0.717, 1.165) is 11.6 Å². The van der Waals surface area contributed by atoms with Gasteiger partial charge in [0.1, 0.15) is 16.5 Å². The molecule has 0 atom stereocenters. The molecule has 11 heavy (non-hydrogen) atoms. The highest BCUT2D eigenvalue weighted by Gasteiger charge is 2.01. The molecule has 0 saturated carbocycles. The Kier molecular flexibility index (Phi) is 2.56. The predicted molar refractivity (Wildman–Crippen MR) is 45.9 cm³/mol. The van der Waals surface area contributed by atoms with Gasteiger partial charge in [0.15, 0.2) is 0 Å². The number of rotatable bonds is 3. The van der Waals surface area contributed by atoms with Crippen LogP contribution in [-0.4, -0.2) is 17.9 Å². The lowest BCUT2D eigenvalue weighted by Gasteiger charge is -1.90. The highest BCUT2D eigenvalue weighted by Crippen LogP contribution is 2.07. The van der Waals surface area contributed by atoms with Crippen LogP contribution in [0.15, 0.2) is 5.38 Å². The molecule has 0 fully saturated rings. The topological polar surface area (TPSA) is 74.8 Å². The van der Waals surface area contributed by atoms with E-state index >= 15 is 0 Å². The lowest BCUT2D eigenvalue weighted by Crippen LogP contribution is -2.12. The van der Waals surface area contributed by atoms with Gasteiger partial charge in [0.2, 0.25) is 0 Å². The van der Waals surface area contributed by atoms with Crippen LogP contribution in [0.25, 0.3) is 0 Å². The molecule has 60 valence electrons. The second-order valence-electron chi connectivity index (χ2n) is 2.07. The van der Waals surface area contributed by atoms with Crippen LogP contribution >= 0.6 is 11.3 Å². The molecule has 0 bridgehead atoms. The third-order valence-corrected chi connectivity index (χ3v) is 2.00. The zero-order valence-corrected chi connectivity index (χ0v) is 7.03. The van der Waals surface area contributed by atoms with Gasteiger partial charge in [0.05, 0.1) is 0 Å². The monoisotopic (exact) mass is 170 g/mol. The van der Waals surface area contributed by atoms with Crippen LogP contribution in [0.4, 0.5) is 0 Å². The van der Waals surface area contributed by atoms with Crippen LogP contribution in [-0.2, 0) is 6.54 Å². The molecule has 5 heteroatoms. The second kappa shape index (κ2) is 3.45. The standard InChI is InChI=1S/C6H10N4S/c1-9-2-5-10-4(3-11-5)6(7)8/h3,9H,2H2,1H3,(H3,7,8). The number of nitrogen functional groups attached to an aromatic ring is 1. The molecular weight excluding hydrogens is 160 g/mol. The van der Waals surface area contributed by atoms with Crippen LogP contribution < -0.4 is 11.1 Å². The Bertz CT molecular complexity index is 255. The number of hydrogen-bond donors (Lipinski definition) is 3. The van der Waals surface area contributed by atoms with Crippen LogP contribution in [0.3, 0.4) is 0 Å². The van der Waals surface area contributed by atoms with Gasteiger partial charge < -0.3 is 11.1 Å². The lowest BCUT2D eigenvalue weighted by atomic mass is 10.5. The molecule has 0 unspecified atom stereocenters. The molecule has 1 heterocycles. The number of nitrogens with one attached hydrogen (secondary N) is 2. The zero-order chi connectivity index (χ0) is 8.27. The van der Waals surface area contributed by atoms with E-state index in [4.69, 9.17) is 11.1 Å². The second-order valence-corrected chi connectivity index (χ2v) is 3.01. The molecule has 0 radical (unpaired) electrons. The van der Waals surface area contributed by atoms with Crippen molar-refractivity contribution >= 4 is 17.2 Å². The average molecular weight is 170 g/mol. The third kappa shape index (κ3) is 1.99. The third-order valence-electron chi connectivity index (χ3n) is 1.16. The van der Waals surface area contributed by atoms with Crippen molar-refractivity contribution in [2.75, 3.05) is 7.05 Å². The first kappa shape index (κ1) is 8.16. The first-order valence-corrected chi connectivity index (χ1v) is 4.05. The molecule has 0 saturated heterocycles. The maximum Gasteiger partial charge on any atom is 0.142 e. The van der Waals surface area contributed by atoms with Gasteiger partial charge in [-0.05, 0) is 7.05 Å². The van der Waals surface area contributed by atoms with Crippen molar-refractivity contribution in [3.8, 4) is 0 Å². The number of nitrogens with two attached hydrogens (primary N) is 1. The summed E-state index contributed by atoms with van der Waals surface area (Å²) in [6.45, 7) is 0.734. The summed E-state index contributed by atoms with van der Waals surface area (Å²) in [5.41, 5.74) is 5.80. The van der Waals surface area contributed by atoms with Gasteiger partial charge in [-0.1, -0.05) is 0 Å². The van der Waals surface area contributed by atoms with Gasteiger partial charge in [-0.2, -0.15) is 0 Å². The number of nitrogens with zero attached hydrogens (tertiary/aromatic N) is 1. The molecule has 4 nitrogen and oxygen atoms in total. The Morgan fingerprint density at radius 3 is 3.09 bits per heavy atom. The number of hydrogen-bond acceptors (Lipinski definition) is 4. The van der Waals surface area contributed by atoms with Gasteiger partial charge in [-0.3, -0.25) is 5.41 Å². The maximum atomic E-state index is 7.08. The molecule has 1 aromatic heterocycles. The van der Waals surface area contributed by atoms with Gasteiger partial charge in [0, 0.05) is 11.9 Å². The SMILES string of the molecule is CNCc1nc(C(=N)N)cs1. The summed E-state index contributed by atoms with van der Waals surface area (Å²) in [4.78, 5) is 4.11. The summed E-state index contributed by atoms with van der Waals surface area (Å²) in [6, 6.07) is 0. The van der Waals surface area contributed by atoms with Crippen molar-refractivity contribution in [2.45, 2.75) is 6.54 Å². The number of aromatic nitrogens is 1. The van der Waals surface area contributed by atoms with Crippen molar-refractivity contribution in [1.29, 1.82) is 5.41 Å². The first-order valence-electron chi connectivity index (χ1n) is 3.17. The van der Waals surface area contributed by atoms with Crippen molar-refractivity contribution < 1.29 is 0 Å². The lowest BCUT2D eigenvalue weighted by molar-refractivity contribution is 0.809. The predicted octanol–water partition coefficient (Wildman–Crippen LogP) is 0.147. The minimum atomic E-state index is 0.0311. The molecule has 0 aromatic carbocycles. The fraction of sp³-hybridized carbons (Fsp3) is 0.333. The van der Waals surface area contributed by atoms with E-state index in [1.54, 1.807) is 5.38 Å². The van der Waals surface area contributed by atoms with Crippen molar-refractivity contribution in [2.24, 2.45) is 5.73 Å². The summed E-state index contributed by atoms with van der Waals surface area (Å²) in [5.74, 6) is 0.0311. The van der Waals surface area contributed by atoms with E-state index in [9.17, 15) is 0 Å². The van der Waals surface area contributed by atoms with Gasteiger partial charge in [-0.15, -0.1) is 11.3 Å². The quantitative estimate of drug-likeness (QED) is 0.446. The summed E-state index contributed by atoms with van der Waals surface area (Å²) < 4.78 is 0. The number of thiazole rings is 1. The summed E-state index contributed by atoms with van der Waals surface area (Å²) in [6.07, 6.45) is 0. The highest BCUT2D eigenvalue weighted by atomic mass is 32.1. The van der Waals surface area contributed by atoms with Crippen LogP contribution in [0.2, 0.25) is 0 Å². The minimum absolute atomic E-state index is 0.0311. The Morgan fingerprint density at radius 2 is 2.64 bits per heavy atom. The molecular formula is C6H10N4S. The molecule has 0 aliphatic heterocycles. The summed E-state index contributed by atoms with van der Waals surface area (Å²) >= 11 is 1.51. The molecule has 1 rings (SSSR count). The van der Waals surface area contributed by atoms with Crippen LogP contribution in [0.5, 0.6) is 0 Å². The van der Waals surface area contributed by atoms with Crippen LogP contribution in [0, 0.1) is 5.41 Å². The molecule has 0 spiro atoms. The highest BCUT2D eigenvalue weighted by molar-refractivity contribution is 7.09. The molecule has 0 aliphatic rings. The van der Waals surface area contributed by atoms with Crippen molar-refractivity contribution in [3.05, 3.63) is 16.1 Å². The van der Waals surface area contributed by atoms with Gasteiger partial charge in [-0.25, -0.2) is 4.98 Å². The molecule has 1 aromatic rings. The Hall–Kier alpha value is -0.940. The van der Waals surface area contributed by atoms with Crippen LogP contribution in [0.1, 0.15) is 10.7 Å². The first-order chi connectivity index (χ1) is 5.24.